The molecule has 0 aromatic heterocycles. The zero-order valence-corrected chi connectivity index (χ0v) is 11.0. The Morgan fingerprint density at radius 1 is 1.29 bits per heavy atom. The van der Waals surface area contributed by atoms with Gasteiger partial charge in [0.1, 0.15) is 0 Å². The maximum Gasteiger partial charge on any atom is 0.335 e. The second-order valence-corrected chi connectivity index (χ2v) is 4.79. The molecule has 0 radical (unpaired) electrons. The van der Waals surface area contributed by atoms with E-state index >= 15 is 0 Å². The van der Waals surface area contributed by atoms with Gasteiger partial charge in [-0.25, -0.2) is 4.79 Å². The summed E-state index contributed by atoms with van der Waals surface area (Å²) in [6.07, 6.45) is 4.27. The van der Waals surface area contributed by atoms with Crippen LogP contribution in [-0.4, -0.2) is 11.1 Å². The van der Waals surface area contributed by atoms with Gasteiger partial charge in [-0.05, 0) is 36.0 Å². The van der Waals surface area contributed by atoms with Gasteiger partial charge in [0.05, 0.1) is 5.56 Å². The van der Waals surface area contributed by atoms with E-state index in [2.05, 4.69) is 26.8 Å². The molecule has 0 heterocycles. The molecule has 94 valence electrons. The highest BCUT2D eigenvalue weighted by Gasteiger charge is 2.15. The van der Waals surface area contributed by atoms with E-state index < -0.39 is 5.97 Å². The topological polar surface area (TPSA) is 37.3 Å². The van der Waals surface area contributed by atoms with Crippen LogP contribution in [0.3, 0.4) is 0 Å². The first-order valence-electron chi connectivity index (χ1n) is 6.43. The highest BCUT2D eigenvalue weighted by molar-refractivity contribution is 5.89. The number of hydrogen-bond acceptors (Lipinski definition) is 1. The Morgan fingerprint density at radius 2 is 2.00 bits per heavy atom. The summed E-state index contributed by atoms with van der Waals surface area (Å²) in [6.45, 7) is 6.39. The van der Waals surface area contributed by atoms with Crippen LogP contribution in [0.15, 0.2) is 18.2 Å². The Kier molecular flexibility index (Phi) is 5.20. The number of unbranched alkanes of at least 4 members (excludes halogenated alkanes) is 2. The zero-order valence-electron chi connectivity index (χ0n) is 11.0. The number of aromatic carboxylic acids is 1. The van der Waals surface area contributed by atoms with E-state index in [1.165, 1.54) is 5.56 Å². The molecule has 0 amide bonds. The smallest absolute Gasteiger partial charge is 0.335 e. The molecule has 1 aromatic rings. The lowest BCUT2D eigenvalue weighted by molar-refractivity contribution is 0.0695. The Hall–Kier alpha value is -1.31. The fraction of sp³-hybridized carbons (Fsp3) is 0.533. The molecule has 0 saturated carbocycles. The number of hydrogen-bond donors (Lipinski definition) is 1. The standard InChI is InChI=1S/C15H22O2/c1-4-5-6-8-13-12(11(2)3)9-7-10-14(13)15(16)17/h7,9-11H,4-6,8H2,1-3H3,(H,16,17). The van der Waals surface area contributed by atoms with Crippen molar-refractivity contribution in [1.82, 2.24) is 0 Å². The first kappa shape index (κ1) is 13.8. The predicted octanol–water partition coefficient (Wildman–Crippen LogP) is 4.24. The third-order valence-corrected chi connectivity index (χ3v) is 3.10. The number of carboxylic acid groups (broad SMARTS) is 1. The van der Waals surface area contributed by atoms with Gasteiger partial charge in [-0.2, -0.15) is 0 Å². The van der Waals surface area contributed by atoms with Crippen LogP contribution in [0.4, 0.5) is 0 Å². The molecule has 0 bridgehead atoms. The van der Waals surface area contributed by atoms with Crippen LogP contribution >= 0.6 is 0 Å². The van der Waals surface area contributed by atoms with Crippen molar-refractivity contribution >= 4 is 5.97 Å². The lowest BCUT2D eigenvalue weighted by Gasteiger charge is -2.15. The monoisotopic (exact) mass is 234 g/mol. The Balaban J connectivity index is 3.05. The summed E-state index contributed by atoms with van der Waals surface area (Å²) >= 11 is 0. The van der Waals surface area contributed by atoms with E-state index in [9.17, 15) is 9.90 Å². The van der Waals surface area contributed by atoms with Crippen molar-refractivity contribution in [2.24, 2.45) is 0 Å². The fourth-order valence-electron chi connectivity index (χ4n) is 2.18. The van der Waals surface area contributed by atoms with Crippen LogP contribution < -0.4 is 0 Å². The lowest BCUT2D eigenvalue weighted by Crippen LogP contribution is -2.07. The van der Waals surface area contributed by atoms with Gasteiger partial charge in [-0.3, -0.25) is 0 Å². The molecule has 0 aliphatic heterocycles. The minimum absolute atomic E-state index is 0.380. The molecular formula is C15H22O2. The molecule has 1 N–H and O–H groups in total. The largest absolute Gasteiger partial charge is 0.478 e. The number of benzene rings is 1. The van der Waals surface area contributed by atoms with Gasteiger partial charge in [-0.1, -0.05) is 45.7 Å². The van der Waals surface area contributed by atoms with Crippen LogP contribution in [0.2, 0.25) is 0 Å². The van der Waals surface area contributed by atoms with Gasteiger partial charge in [-0.15, -0.1) is 0 Å². The van der Waals surface area contributed by atoms with Gasteiger partial charge >= 0.3 is 5.97 Å². The van der Waals surface area contributed by atoms with E-state index in [-0.39, 0.29) is 0 Å². The molecule has 0 saturated heterocycles. The van der Waals surface area contributed by atoms with Crippen molar-refractivity contribution in [3.05, 3.63) is 34.9 Å². The minimum atomic E-state index is -0.806. The van der Waals surface area contributed by atoms with E-state index in [1.54, 1.807) is 6.07 Å². The van der Waals surface area contributed by atoms with Gasteiger partial charge < -0.3 is 5.11 Å². The second-order valence-electron chi connectivity index (χ2n) is 4.79. The maximum absolute atomic E-state index is 11.2. The van der Waals surface area contributed by atoms with E-state index in [1.807, 2.05) is 6.07 Å². The van der Waals surface area contributed by atoms with Crippen molar-refractivity contribution in [2.45, 2.75) is 52.4 Å². The number of rotatable bonds is 6. The van der Waals surface area contributed by atoms with Crippen LogP contribution in [0.1, 0.15) is 67.4 Å². The van der Waals surface area contributed by atoms with Crippen molar-refractivity contribution in [2.75, 3.05) is 0 Å². The summed E-state index contributed by atoms with van der Waals surface area (Å²) in [4.78, 5) is 11.2. The van der Waals surface area contributed by atoms with Crippen LogP contribution in [0.25, 0.3) is 0 Å². The van der Waals surface area contributed by atoms with Gasteiger partial charge in [0.25, 0.3) is 0 Å². The molecule has 0 spiro atoms. The van der Waals surface area contributed by atoms with Gasteiger partial charge in [0.15, 0.2) is 0 Å². The fourth-order valence-corrected chi connectivity index (χ4v) is 2.18. The van der Waals surface area contributed by atoms with Crippen molar-refractivity contribution in [3.63, 3.8) is 0 Å². The quantitative estimate of drug-likeness (QED) is 0.747. The summed E-state index contributed by atoms with van der Waals surface area (Å²) in [5, 5.41) is 9.23. The Labute approximate surface area is 104 Å². The second kappa shape index (κ2) is 6.43. The predicted molar refractivity (Wildman–Crippen MR) is 70.7 cm³/mol. The maximum atomic E-state index is 11.2. The molecule has 1 aromatic carbocycles. The summed E-state index contributed by atoms with van der Waals surface area (Å²) in [7, 11) is 0. The Morgan fingerprint density at radius 3 is 2.53 bits per heavy atom. The number of carboxylic acids is 1. The molecule has 2 heteroatoms. The molecule has 0 fully saturated rings. The van der Waals surface area contributed by atoms with Gasteiger partial charge in [0, 0.05) is 0 Å². The molecule has 0 aliphatic rings. The molecule has 0 unspecified atom stereocenters. The lowest BCUT2D eigenvalue weighted by atomic mass is 9.90. The molecule has 17 heavy (non-hydrogen) atoms. The average molecular weight is 234 g/mol. The summed E-state index contributed by atoms with van der Waals surface area (Å²) in [5.74, 6) is -0.426. The van der Waals surface area contributed by atoms with Crippen molar-refractivity contribution in [1.29, 1.82) is 0 Å². The normalized spacial score (nSPS) is 10.8. The molecule has 0 aliphatic carbocycles. The van der Waals surface area contributed by atoms with Crippen molar-refractivity contribution in [3.8, 4) is 0 Å². The van der Waals surface area contributed by atoms with E-state index in [4.69, 9.17) is 0 Å². The third-order valence-electron chi connectivity index (χ3n) is 3.10. The highest BCUT2D eigenvalue weighted by atomic mass is 16.4. The first-order valence-corrected chi connectivity index (χ1v) is 6.43. The third kappa shape index (κ3) is 3.58. The zero-order chi connectivity index (χ0) is 12.8. The number of carbonyl (C=O) groups is 1. The minimum Gasteiger partial charge on any atom is -0.478 e. The molecule has 0 atom stereocenters. The molecule has 1 rings (SSSR count). The highest BCUT2D eigenvalue weighted by Crippen LogP contribution is 2.24. The molecular weight excluding hydrogens is 212 g/mol. The average Bonchev–Trinajstić information content (AvgIpc) is 2.28. The van der Waals surface area contributed by atoms with Crippen LogP contribution in [-0.2, 0) is 6.42 Å². The first-order chi connectivity index (χ1) is 8.07. The van der Waals surface area contributed by atoms with Crippen LogP contribution in [0, 0.1) is 0 Å². The SMILES string of the molecule is CCCCCc1c(C(=O)O)cccc1C(C)C. The summed E-state index contributed by atoms with van der Waals surface area (Å²) < 4.78 is 0. The van der Waals surface area contributed by atoms with Crippen molar-refractivity contribution < 1.29 is 9.90 Å². The van der Waals surface area contributed by atoms with Gasteiger partial charge in [0.2, 0.25) is 0 Å². The summed E-state index contributed by atoms with van der Waals surface area (Å²) in [6, 6.07) is 5.62. The Bertz CT molecular complexity index is 381. The summed E-state index contributed by atoms with van der Waals surface area (Å²) in [5.41, 5.74) is 2.69. The van der Waals surface area contributed by atoms with E-state index in [0.717, 1.165) is 31.2 Å². The van der Waals surface area contributed by atoms with Crippen LogP contribution in [0.5, 0.6) is 0 Å². The molecule has 2 nitrogen and oxygen atoms in total. The van der Waals surface area contributed by atoms with E-state index in [0.29, 0.717) is 11.5 Å².